The number of nitrogens with one attached hydrogen (secondary N) is 1. The van der Waals surface area contributed by atoms with Crippen molar-refractivity contribution in [3.63, 3.8) is 0 Å². The van der Waals surface area contributed by atoms with Crippen LogP contribution in [-0.4, -0.2) is 65.2 Å². The first-order chi connectivity index (χ1) is 21.9. The summed E-state index contributed by atoms with van der Waals surface area (Å²) in [5.74, 6) is -0.980. The Morgan fingerprint density at radius 3 is 2.41 bits per heavy atom. The number of carbonyl (C=O) groups is 3. The summed E-state index contributed by atoms with van der Waals surface area (Å²) in [6.07, 6.45) is 8.34. The van der Waals surface area contributed by atoms with Gasteiger partial charge >= 0.3 is 13.3 Å². The maximum absolute atomic E-state index is 13.9. The Balaban J connectivity index is 1.12. The number of hydrogen-bond donors (Lipinski definition) is 3. The van der Waals surface area contributed by atoms with Crippen LogP contribution in [-0.2, 0) is 37.7 Å². The van der Waals surface area contributed by atoms with E-state index in [0.717, 1.165) is 48.3 Å². The van der Waals surface area contributed by atoms with Gasteiger partial charge < -0.3 is 24.9 Å². The average molecular weight is 654 g/mol. The molecule has 2 fully saturated rings. The minimum absolute atomic E-state index is 0.0914. The minimum atomic E-state index is -5.70. The number of aromatic nitrogens is 2. The second-order valence-electron chi connectivity index (χ2n) is 11.9. The summed E-state index contributed by atoms with van der Waals surface area (Å²) in [5, 5.41) is 7.27. The highest BCUT2D eigenvalue weighted by Gasteiger charge is 2.50. The van der Waals surface area contributed by atoms with Crippen molar-refractivity contribution in [3.8, 4) is 5.69 Å². The lowest BCUT2D eigenvalue weighted by Crippen LogP contribution is -2.56. The van der Waals surface area contributed by atoms with Gasteiger partial charge in [0.25, 0.3) is 0 Å². The molecule has 4 heterocycles. The van der Waals surface area contributed by atoms with E-state index >= 15 is 0 Å². The Kier molecular flexibility index (Phi) is 8.66. The first kappa shape index (κ1) is 31.8. The third-order valence-corrected chi connectivity index (χ3v) is 9.95. The molecule has 3 N–H and O–H groups in total. The standard InChI is InChI=1S/C32H34F2N5O6P/c33-32(34,46(43,44)45)23-13-10-21(11-14-23)12-17-29(40)36-26-9-5-4-6-24-15-16-27(38(24)30(26)41)31(42)37-19-22-18-35-39(28(22)20-37)25-7-2-1-3-8-25/h1-3,7-8,10-14,17-18,24,26-27H,4-6,9,15-16,19-20H2,(H,36,40)(H2,43,44,45)/b17-12+/t24-,26-,27-/m0/s1. The van der Waals surface area contributed by atoms with Gasteiger partial charge in [-0.25, -0.2) is 4.68 Å². The molecule has 6 rings (SSSR count). The van der Waals surface area contributed by atoms with E-state index in [9.17, 15) is 27.7 Å². The summed E-state index contributed by atoms with van der Waals surface area (Å²) in [6.45, 7) is 0.794. The molecule has 0 bridgehead atoms. The summed E-state index contributed by atoms with van der Waals surface area (Å²) in [5.41, 5.74) is -2.02. The van der Waals surface area contributed by atoms with Crippen LogP contribution in [0, 0.1) is 0 Å². The number of amides is 3. The van der Waals surface area contributed by atoms with E-state index in [1.54, 1.807) is 16.0 Å². The third kappa shape index (κ3) is 6.14. The number of alkyl halides is 2. The number of nitrogens with zero attached hydrogens (tertiary/aromatic N) is 4. The molecule has 3 aromatic rings. The molecule has 14 heteroatoms. The number of fused-ring (bicyclic) bond motifs is 2. The lowest BCUT2D eigenvalue weighted by Gasteiger charge is -2.36. The third-order valence-electron chi connectivity index (χ3n) is 8.96. The van der Waals surface area contributed by atoms with Gasteiger partial charge in [0.1, 0.15) is 12.1 Å². The molecular weight excluding hydrogens is 619 g/mol. The van der Waals surface area contributed by atoms with Crippen molar-refractivity contribution >= 4 is 31.4 Å². The minimum Gasteiger partial charge on any atom is -0.341 e. The zero-order chi connectivity index (χ0) is 32.6. The second kappa shape index (κ2) is 12.5. The zero-order valence-corrected chi connectivity index (χ0v) is 25.7. The van der Waals surface area contributed by atoms with Crippen LogP contribution in [0.5, 0.6) is 0 Å². The fraction of sp³-hybridized carbons (Fsp3) is 0.375. The number of halogens is 2. The predicted molar refractivity (Wildman–Crippen MR) is 163 cm³/mol. The SMILES string of the molecule is O=C(/C=C/c1ccc(C(F)(F)P(=O)(O)O)cc1)N[C@H]1CCCC[C@H]2CC[C@@H](C(=O)N3Cc4cnn(-c5ccccc5)c4C3)N2C1=O. The van der Waals surface area contributed by atoms with Crippen molar-refractivity contribution in [1.82, 2.24) is 24.9 Å². The van der Waals surface area contributed by atoms with Gasteiger partial charge in [-0.15, -0.1) is 0 Å². The zero-order valence-electron chi connectivity index (χ0n) is 24.8. The van der Waals surface area contributed by atoms with Crippen molar-refractivity contribution in [2.24, 2.45) is 0 Å². The van der Waals surface area contributed by atoms with E-state index in [0.29, 0.717) is 37.9 Å². The fourth-order valence-electron chi connectivity index (χ4n) is 6.57. The normalized spacial score (nSPS) is 22.0. The molecule has 3 aliphatic heterocycles. The Hall–Kier alpha value is -4.19. The van der Waals surface area contributed by atoms with Crippen LogP contribution >= 0.6 is 7.60 Å². The van der Waals surface area contributed by atoms with Crippen LogP contribution in [0.4, 0.5) is 8.78 Å². The van der Waals surface area contributed by atoms with E-state index in [1.807, 2.05) is 35.0 Å². The molecule has 0 spiro atoms. The molecule has 3 aliphatic rings. The highest BCUT2D eigenvalue weighted by Crippen LogP contribution is 2.59. The van der Waals surface area contributed by atoms with Crippen molar-refractivity contribution < 1.29 is 37.5 Å². The molecule has 3 amide bonds. The van der Waals surface area contributed by atoms with Gasteiger partial charge in [0, 0.05) is 29.8 Å². The number of carbonyl (C=O) groups excluding carboxylic acids is 3. The van der Waals surface area contributed by atoms with E-state index < -0.39 is 36.8 Å². The summed E-state index contributed by atoms with van der Waals surface area (Å²) < 4.78 is 40.9. The Bertz CT molecular complexity index is 1710. The van der Waals surface area contributed by atoms with Crippen LogP contribution in [0.15, 0.2) is 66.9 Å². The van der Waals surface area contributed by atoms with Gasteiger partial charge in [-0.3, -0.25) is 18.9 Å². The summed E-state index contributed by atoms with van der Waals surface area (Å²) >= 11 is 0. The Morgan fingerprint density at radius 2 is 1.70 bits per heavy atom. The molecule has 0 aliphatic carbocycles. The van der Waals surface area contributed by atoms with Crippen molar-refractivity contribution in [1.29, 1.82) is 0 Å². The fourth-order valence-corrected chi connectivity index (χ4v) is 7.06. The first-order valence-corrected chi connectivity index (χ1v) is 16.8. The number of benzene rings is 2. The first-order valence-electron chi connectivity index (χ1n) is 15.2. The molecule has 242 valence electrons. The van der Waals surface area contributed by atoms with Gasteiger partial charge in [-0.1, -0.05) is 55.3 Å². The van der Waals surface area contributed by atoms with Crippen LogP contribution in [0.25, 0.3) is 11.8 Å². The van der Waals surface area contributed by atoms with Crippen molar-refractivity contribution in [2.75, 3.05) is 0 Å². The second-order valence-corrected chi connectivity index (χ2v) is 13.6. The molecule has 0 unspecified atom stereocenters. The molecule has 3 atom stereocenters. The van der Waals surface area contributed by atoms with Gasteiger partial charge in [0.2, 0.25) is 17.7 Å². The molecule has 1 aromatic heterocycles. The largest absolute Gasteiger partial charge is 0.399 e. The van der Waals surface area contributed by atoms with E-state index in [4.69, 9.17) is 9.79 Å². The van der Waals surface area contributed by atoms with E-state index in [-0.39, 0.29) is 17.9 Å². The monoisotopic (exact) mass is 653 g/mol. The average Bonchev–Trinajstić information content (AvgIpc) is 3.75. The van der Waals surface area contributed by atoms with Crippen molar-refractivity contribution in [3.05, 3.63) is 89.3 Å². The van der Waals surface area contributed by atoms with Crippen LogP contribution in [0.1, 0.15) is 60.9 Å². The van der Waals surface area contributed by atoms with Crippen LogP contribution in [0.3, 0.4) is 0 Å². The number of hydrogen-bond acceptors (Lipinski definition) is 5. The highest BCUT2D eigenvalue weighted by molar-refractivity contribution is 7.52. The molecule has 0 radical (unpaired) electrons. The maximum Gasteiger partial charge on any atom is 0.399 e. The van der Waals surface area contributed by atoms with E-state index in [1.165, 1.54) is 24.3 Å². The quantitative estimate of drug-likeness (QED) is 0.258. The molecule has 2 aromatic carbocycles. The lowest BCUT2D eigenvalue weighted by molar-refractivity contribution is -0.148. The van der Waals surface area contributed by atoms with Crippen LogP contribution < -0.4 is 5.32 Å². The number of rotatable bonds is 7. The van der Waals surface area contributed by atoms with Crippen molar-refractivity contribution in [2.45, 2.75) is 75.4 Å². The topological polar surface area (TPSA) is 145 Å². The maximum atomic E-state index is 13.9. The lowest BCUT2D eigenvalue weighted by atomic mass is 9.99. The van der Waals surface area contributed by atoms with Gasteiger partial charge in [0.05, 0.1) is 24.1 Å². The van der Waals surface area contributed by atoms with Gasteiger partial charge in [-0.2, -0.15) is 13.9 Å². The van der Waals surface area contributed by atoms with E-state index in [2.05, 4.69) is 10.4 Å². The highest BCUT2D eigenvalue weighted by atomic mass is 31.2. The predicted octanol–water partition coefficient (Wildman–Crippen LogP) is 4.07. The Labute approximate surface area is 264 Å². The smallest absolute Gasteiger partial charge is 0.341 e. The molecule has 2 saturated heterocycles. The molecule has 0 saturated carbocycles. The molecule has 46 heavy (non-hydrogen) atoms. The van der Waals surface area contributed by atoms with Gasteiger partial charge in [0.15, 0.2) is 0 Å². The summed E-state index contributed by atoms with van der Waals surface area (Å²) in [4.78, 5) is 62.0. The Morgan fingerprint density at radius 1 is 0.978 bits per heavy atom. The summed E-state index contributed by atoms with van der Waals surface area (Å²) in [6, 6.07) is 12.3. The summed E-state index contributed by atoms with van der Waals surface area (Å²) in [7, 11) is -5.70. The molecule has 11 nitrogen and oxygen atoms in total. The van der Waals surface area contributed by atoms with Gasteiger partial charge in [-0.05, 0) is 49.5 Å². The molecular formula is C32H34F2N5O6P. The van der Waals surface area contributed by atoms with Crippen LogP contribution in [0.2, 0.25) is 0 Å². The number of para-hydroxylation sites is 1.